The van der Waals surface area contributed by atoms with Gasteiger partial charge >= 0.3 is 0 Å². The molecule has 0 amide bonds. The fourth-order valence-corrected chi connectivity index (χ4v) is 3.84. The second-order valence-electron chi connectivity index (χ2n) is 6.29. The van der Waals surface area contributed by atoms with Crippen molar-refractivity contribution >= 4 is 0 Å². The van der Waals surface area contributed by atoms with E-state index >= 15 is 0 Å². The Hall–Kier alpha value is -0.120. The lowest BCUT2D eigenvalue weighted by molar-refractivity contribution is 0.0645. The zero-order valence-corrected chi connectivity index (χ0v) is 11.8. The van der Waals surface area contributed by atoms with Crippen molar-refractivity contribution in [2.75, 3.05) is 26.7 Å². The number of likely N-dealkylation sites (N-methyl/N-ethyl adjacent to an activating group) is 1. The molecule has 2 N–H and O–H groups in total. The highest BCUT2D eigenvalue weighted by Crippen LogP contribution is 2.34. The van der Waals surface area contributed by atoms with Crippen molar-refractivity contribution in [3.05, 3.63) is 0 Å². The van der Waals surface area contributed by atoms with Crippen LogP contribution in [0.3, 0.4) is 0 Å². The summed E-state index contributed by atoms with van der Waals surface area (Å²) in [4.78, 5) is 5.21. The molecule has 17 heavy (non-hydrogen) atoms. The Morgan fingerprint density at radius 2 is 1.94 bits per heavy atom. The van der Waals surface area contributed by atoms with E-state index in [4.69, 9.17) is 5.73 Å². The maximum atomic E-state index is 6.17. The van der Waals surface area contributed by atoms with Gasteiger partial charge in [0.25, 0.3) is 0 Å². The third-order valence-corrected chi connectivity index (χ3v) is 5.01. The third kappa shape index (κ3) is 2.51. The van der Waals surface area contributed by atoms with Crippen LogP contribution in [0.1, 0.15) is 46.0 Å². The number of nitrogens with two attached hydrogens (primary N) is 1. The first-order chi connectivity index (χ1) is 8.09. The van der Waals surface area contributed by atoms with Crippen molar-refractivity contribution in [1.82, 2.24) is 9.80 Å². The van der Waals surface area contributed by atoms with Gasteiger partial charge < -0.3 is 10.6 Å². The second-order valence-corrected chi connectivity index (χ2v) is 6.29. The summed E-state index contributed by atoms with van der Waals surface area (Å²) >= 11 is 0. The Kier molecular flexibility index (Phi) is 4.11. The summed E-state index contributed by atoms with van der Waals surface area (Å²) in [5.74, 6) is 0. The molecule has 3 atom stereocenters. The van der Waals surface area contributed by atoms with Crippen LogP contribution in [-0.2, 0) is 0 Å². The van der Waals surface area contributed by atoms with Gasteiger partial charge in [-0.15, -0.1) is 0 Å². The van der Waals surface area contributed by atoms with E-state index in [2.05, 4.69) is 30.7 Å². The SMILES string of the molecule is CC1CC(CN)(N2CCCCCC2C)CN1C. The molecule has 2 aliphatic heterocycles. The van der Waals surface area contributed by atoms with Crippen LogP contribution in [0.15, 0.2) is 0 Å². The molecule has 100 valence electrons. The Balaban J connectivity index is 2.16. The summed E-state index contributed by atoms with van der Waals surface area (Å²) < 4.78 is 0. The molecule has 2 rings (SSSR count). The molecule has 0 aromatic carbocycles. The third-order valence-electron chi connectivity index (χ3n) is 5.01. The summed E-state index contributed by atoms with van der Waals surface area (Å²) in [6.07, 6.45) is 6.73. The molecule has 2 saturated heterocycles. The smallest absolute Gasteiger partial charge is 0.0475 e. The topological polar surface area (TPSA) is 32.5 Å². The van der Waals surface area contributed by atoms with E-state index < -0.39 is 0 Å². The van der Waals surface area contributed by atoms with E-state index in [-0.39, 0.29) is 5.54 Å². The van der Waals surface area contributed by atoms with Crippen LogP contribution in [0.4, 0.5) is 0 Å². The van der Waals surface area contributed by atoms with E-state index in [0.29, 0.717) is 12.1 Å². The van der Waals surface area contributed by atoms with Gasteiger partial charge in [0.2, 0.25) is 0 Å². The van der Waals surface area contributed by atoms with E-state index in [1.807, 2.05) is 0 Å². The highest BCUT2D eigenvalue weighted by Gasteiger charge is 2.45. The van der Waals surface area contributed by atoms with Crippen molar-refractivity contribution in [1.29, 1.82) is 0 Å². The average molecular weight is 239 g/mol. The van der Waals surface area contributed by atoms with Crippen LogP contribution < -0.4 is 5.73 Å². The highest BCUT2D eigenvalue weighted by molar-refractivity contribution is 5.04. The predicted molar refractivity (Wildman–Crippen MR) is 73.1 cm³/mol. The molecular weight excluding hydrogens is 210 g/mol. The first-order valence-corrected chi connectivity index (χ1v) is 7.26. The molecule has 3 nitrogen and oxygen atoms in total. The maximum Gasteiger partial charge on any atom is 0.0475 e. The van der Waals surface area contributed by atoms with Gasteiger partial charge in [0, 0.05) is 30.7 Å². The standard InChI is InChI=1S/C14H29N3/c1-12-7-5-4-6-8-17(12)14(10-15)9-13(2)16(3)11-14/h12-13H,4-11,15H2,1-3H3. The lowest BCUT2D eigenvalue weighted by Crippen LogP contribution is -2.58. The zero-order valence-electron chi connectivity index (χ0n) is 11.8. The molecule has 0 saturated carbocycles. The molecule has 3 heteroatoms. The highest BCUT2D eigenvalue weighted by atomic mass is 15.3. The summed E-state index contributed by atoms with van der Waals surface area (Å²) in [6, 6.07) is 1.38. The molecule has 0 aromatic rings. The van der Waals surface area contributed by atoms with E-state index in [0.717, 1.165) is 13.1 Å². The van der Waals surface area contributed by atoms with Crippen LogP contribution in [0, 0.1) is 0 Å². The van der Waals surface area contributed by atoms with E-state index in [1.165, 1.54) is 38.6 Å². The van der Waals surface area contributed by atoms with Gasteiger partial charge in [-0.3, -0.25) is 4.90 Å². The Morgan fingerprint density at radius 1 is 1.18 bits per heavy atom. The van der Waals surface area contributed by atoms with Crippen LogP contribution in [0.25, 0.3) is 0 Å². The van der Waals surface area contributed by atoms with Crippen molar-refractivity contribution < 1.29 is 0 Å². The first kappa shape index (κ1) is 13.3. The van der Waals surface area contributed by atoms with E-state index in [9.17, 15) is 0 Å². The molecule has 0 radical (unpaired) electrons. The number of rotatable bonds is 2. The minimum Gasteiger partial charge on any atom is -0.329 e. The Labute approximate surface area is 106 Å². The first-order valence-electron chi connectivity index (χ1n) is 7.26. The maximum absolute atomic E-state index is 6.17. The average Bonchev–Trinajstić information content (AvgIpc) is 2.49. The van der Waals surface area contributed by atoms with Gasteiger partial charge in [0.05, 0.1) is 0 Å². The summed E-state index contributed by atoms with van der Waals surface area (Å²) in [6.45, 7) is 7.94. The minimum absolute atomic E-state index is 0.248. The quantitative estimate of drug-likeness (QED) is 0.795. The second kappa shape index (κ2) is 5.25. The molecule has 2 aliphatic rings. The van der Waals surface area contributed by atoms with Gasteiger partial charge in [-0.05, 0) is 46.7 Å². The van der Waals surface area contributed by atoms with Gasteiger partial charge in [-0.2, -0.15) is 0 Å². The van der Waals surface area contributed by atoms with Crippen molar-refractivity contribution in [2.45, 2.75) is 63.6 Å². The summed E-state index contributed by atoms with van der Waals surface area (Å²) in [5.41, 5.74) is 6.42. The molecule has 3 unspecified atom stereocenters. The van der Waals surface area contributed by atoms with Crippen molar-refractivity contribution in [2.24, 2.45) is 5.73 Å². The van der Waals surface area contributed by atoms with Crippen LogP contribution in [0.5, 0.6) is 0 Å². The lowest BCUT2D eigenvalue weighted by Gasteiger charge is -2.43. The normalized spacial score (nSPS) is 41.6. The van der Waals surface area contributed by atoms with Gasteiger partial charge in [-0.1, -0.05) is 12.8 Å². The predicted octanol–water partition coefficient (Wildman–Crippen LogP) is 1.67. The van der Waals surface area contributed by atoms with Gasteiger partial charge in [0.15, 0.2) is 0 Å². The molecule has 2 heterocycles. The minimum atomic E-state index is 0.248. The van der Waals surface area contributed by atoms with Crippen molar-refractivity contribution in [3.8, 4) is 0 Å². The van der Waals surface area contributed by atoms with Gasteiger partial charge in [0.1, 0.15) is 0 Å². The van der Waals surface area contributed by atoms with Crippen molar-refractivity contribution in [3.63, 3.8) is 0 Å². The molecule has 0 spiro atoms. The monoisotopic (exact) mass is 239 g/mol. The molecule has 0 aliphatic carbocycles. The summed E-state index contributed by atoms with van der Waals surface area (Å²) in [5, 5.41) is 0. The van der Waals surface area contributed by atoms with Crippen LogP contribution >= 0.6 is 0 Å². The number of hydrogen-bond donors (Lipinski definition) is 1. The van der Waals surface area contributed by atoms with Gasteiger partial charge in [-0.25, -0.2) is 0 Å². The van der Waals surface area contributed by atoms with Crippen LogP contribution in [0.2, 0.25) is 0 Å². The molecule has 0 bridgehead atoms. The van der Waals surface area contributed by atoms with E-state index in [1.54, 1.807) is 0 Å². The Morgan fingerprint density at radius 3 is 2.53 bits per heavy atom. The number of likely N-dealkylation sites (tertiary alicyclic amines) is 2. The lowest BCUT2D eigenvalue weighted by atomic mass is 9.92. The fourth-order valence-electron chi connectivity index (χ4n) is 3.84. The van der Waals surface area contributed by atoms with Crippen LogP contribution in [-0.4, -0.2) is 54.1 Å². The Bertz CT molecular complexity index is 244. The number of nitrogens with zero attached hydrogens (tertiary/aromatic N) is 2. The summed E-state index contributed by atoms with van der Waals surface area (Å²) in [7, 11) is 2.24. The molecule has 0 aromatic heterocycles. The molecule has 2 fully saturated rings. The fraction of sp³-hybridized carbons (Fsp3) is 1.00. The number of hydrogen-bond acceptors (Lipinski definition) is 3. The largest absolute Gasteiger partial charge is 0.329 e. The molecular formula is C14H29N3. The zero-order chi connectivity index (χ0) is 12.5.